The first kappa shape index (κ1) is 12.1. The Labute approximate surface area is 107 Å². The normalized spacial score (nSPS) is 19.7. The lowest BCUT2D eigenvalue weighted by Crippen LogP contribution is -2.26. The van der Waals surface area contributed by atoms with Gasteiger partial charge in [-0.05, 0) is 24.1 Å². The van der Waals surface area contributed by atoms with Gasteiger partial charge in [-0.15, -0.1) is 0 Å². The number of rotatable bonds is 3. The van der Waals surface area contributed by atoms with Gasteiger partial charge >= 0.3 is 5.97 Å². The molecule has 1 amide bonds. The van der Waals surface area contributed by atoms with Crippen molar-refractivity contribution in [1.82, 2.24) is 4.90 Å². The molecular weight excluding hydrogens is 286 g/mol. The first-order valence-electron chi connectivity index (χ1n) is 5.33. The van der Waals surface area contributed by atoms with Gasteiger partial charge < -0.3 is 10.0 Å². The van der Waals surface area contributed by atoms with Crippen LogP contribution in [0.4, 0.5) is 0 Å². The van der Waals surface area contributed by atoms with E-state index in [1.165, 1.54) is 0 Å². The maximum absolute atomic E-state index is 11.7. The fraction of sp³-hybridized carbons (Fsp3) is 0.333. The lowest BCUT2D eigenvalue weighted by atomic mass is 10.1. The second-order valence-electron chi connectivity index (χ2n) is 4.02. The lowest BCUT2D eigenvalue weighted by molar-refractivity contribution is -0.127. The highest BCUT2D eigenvalue weighted by Crippen LogP contribution is 2.20. The number of alkyl halides is 1. The summed E-state index contributed by atoms with van der Waals surface area (Å²) in [7, 11) is 0. The predicted molar refractivity (Wildman–Crippen MR) is 66.2 cm³/mol. The molecule has 1 unspecified atom stereocenters. The van der Waals surface area contributed by atoms with Crippen molar-refractivity contribution in [3.8, 4) is 0 Å². The van der Waals surface area contributed by atoms with Crippen LogP contribution >= 0.6 is 15.9 Å². The molecule has 1 fully saturated rings. The molecule has 0 spiro atoms. The van der Waals surface area contributed by atoms with Gasteiger partial charge in [0.25, 0.3) is 0 Å². The minimum Gasteiger partial charge on any atom is -0.478 e. The summed E-state index contributed by atoms with van der Waals surface area (Å²) < 4.78 is 0. The molecule has 4 nitrogen and oxygen atoms in total. The Hall–Kier alpha value is -1.36. The summed E-state index contributed by atoms with van der Waals surface area (Å²) in [6.07, 6.45) is 0.825. The second kappa shape index (κ2) is 4.87. The van der Waals surface area contributed by atoms with Gasteiger partial charge in [0.15, 0.2) is 0 Å². The summed E-state index contributed by atoms with van der Waals surface area (Å²) in [5.41, 5.74) is 1.21. The zero-order valence-electron chi connectivity index (χ0n) is 9.10. The quantitative estimate of drug-likeness (QED) is 0.867. The van der Waals surface area contributed by atoms with Crippen molar-refractivity contribution in [3.05, 3.63) is 35.4 Å². The highest BCUT2D eigenvalue weighted by atomic mass is 79.9. The van der Waals surface area contributed by atoms with E-state index in [0.29, 0.717) is 6.54 Å². The second-order valence-corrected chi connectivity index (χ2v) is 5.12. The Morgan fingerprint density at radius 1 is 1.41 bits per heavy atom. The predicted octanol–water partition coefficient (Wildman–Crippen LogP) is 1.88. The number of hydrogen-bond acceptors (Lipinski definition) is 2. The van der Waals surface area contributed by atoms with E-state index in [1.807, 2.05) is 0 Å². The molecule has 0 bridgehead atoms. The number of likely N-dealkylation sites (tertiary alicyclic amines) is 1. The van der Waals surface area contributed by atoms with E-state index in [9.17, 15) is 9.59 Å². The Morgan fingerprint density at radius 2 is 2.06 bits per heavy atom. The molecule has 17 heavy (non-hydrogen) atoms. The molecule has 0 aromatic heterocycles. The Kier molecular flexibility index (Phi) is 3.47. The molecule has 5 heteroatoms. The molecule has 90 valence electrons. The van der Waals surface area contributed by atoms with Crippen LogP contribution in [0.2, 0.25) is 0 Å². The molecule has 1 aromatic rings. The highest BCUT2D eigenvalue weighted by molar-refractivity contribution is 9.10. The van der Waals surface area contributed by atoms with Crippen LogP contribution in [0.25, 0.3) is 0 Å². The summed E-state index contributed by atoms with van der Waals surface area (Å²) in [4.78, 5) is 24.1. The number of carboxylic acid groups (broad SMARTS) is 1. The van der Waals surface area contributed by atoms with E-state index < -0.39 is 5.97 Å². The number of aromatic carboxylic acids is 1. The lowest BCUT2D eigenvalue weighted by Gasteiger charge is -2.15. The summed E-state index contributed by atoms with van der Waals surface area (Å²) >= 11 is 3.32. The molecule has 0 aliphatic carbocycles. The monoisotopic (exact) mass is 297 g/mol. The summed E-state index contributed by atoms with van der Waals surface area (Å²) in [6.45, 7) is 1.29. The van der Waals surface area contributed by atoms with Crippen molar-refractivity contribution in [2.75, 3.05) is 6.54 Å². The van der Waals surface area contributed by atoms with Crippen LogP contribution in [-0.4, -0.2) is 33.3 Å². The van der Waals surface area contributed by atoms with Gasteiger partial charge in [0.05, 0.1) is 10.4 Å². The first-order chi connectivity index (χ1) is 8.08. The number of benzene rings is 1. The SMILES string of the molecule is O=C(O)c1ccc(CN2CCC(Br)C2=O)cc1. The Bertz CT molecular complexity index is 444. The molecule has 1 aliphatic heterocycles. The smallest absolute Gasteiger partial charge is 0.335 e. The minimum absolute atomic E-state index is 0.0687. The zero-order chi connectivity index (χ0) is 12.4. The molecule has 1 saturated heterocycles. The molecular formula is C12H12BrNO3. The zero-order valence-corrected chi connectivity index (χ0v) is 10.7. The van der Waals surface area contributed by atoms with Crippen LogP contribution in [0.15, 0.2) is 24.3 Å². The van der Waals surface area contributed by atoms with Crippen molar-refractivity contribution < 1.29 is 14.7 Å². The van der Waals surface area contributed by atoms with Crippen molar-refractivity contribution in [1.29, 1.82) is 0 Å². The summed E-state index contributed by atoms with van der Waals surface area (Å²) in [5, 5.41) is 8.77. The molecule has 1 aliphatic rings. The van der Waals surface area contributed by atoms with E-state index in [1.54, 1.807) is 29.2 Å². The topological polar surface area (TPSA) is 57.6 Å². The standard InChI is InChI=1S/C12H12BrNO3/c13-10-5-6-14(11(10)15)7-8-1-3-9(4-2-8)12(16)17/h1-4,10H,5-7H2,(H,16,17). The Balaban J connectivity index is 2.04. The van der Waals surface area contributed by atoms with Crippen molar-refractivity contribution in [3.63, 3.8) is 0 Å². The van der Waals surface area contributed by atoms with Gasteiger partial charge in [0.1, 0.15) is 0 Å². The van der Waals surface area contributed by atoms with Crippen molar-refractivity contribution >= 4 is 27.8 Å². The van der Waals surface area contributed by atoms with Crippen LogP contribution in [0.3, 0.4) is 0 Å². The van der Waals surface area contributed by atoms with Crippen LogP contribution in [0.1, 0.15) is 22.3 Å². The largest absolute Gasteiger partial charge is 0.478 e. The van der Waals surface area contributed by atoms with Gasteiger partial charge in [-0.25, -0.2) is 4.79 Å². The molecule has 2 rings (SSSR count). The van der Waals surface area contributed by atoms with Crippen LogP contribution in [0, 0.1) is 0 Å². The summed E-state index contributed by atoms with van der Waals surface area (Å²) in [5.74, 6) is -0.832. The average Bonchev–Trinajstić information content (AvgIpc) is 2.62. The summed E-state index contributed by atoms with van der Waals surface area (Å²) in [6, 6.07) is 6.62. The number of carbonyl (C=O) groups excluding carboxylic acids is 1. The van der Waals surface area contributed by atoms with Crippen LogP contribution in [0.5, 0.6) is 0 Å². The number of nitrogens with zero attached hydrogens (tertiary/aromatic N) is 1. The van der Waals surface area contributed by atoms with Crippen molar-refractivity contribution in [2.24, 2.45) is 0 Å². The molecule has 1 atom stereocenters. The first-order valence-corrected chi connectivity index (χ1v) is 6.24. The number of halogens is 1. The maximum atomic E-state index is 11.7. The van der Waals surface area contributed by atoms with Gasteiger partial charge in [0, 0.05) is 13.1 Å². The third-order valence-electron chi connectivity index (χ3n) is 2.81. The van der Waals surface area contributed by atoms with E-state index in [0.717, 1.165) is 18.5 Å². The van der Waals surface area contributed by atoms with Gasteiger partial charge in [-0.1, -0.05) is 28.1 Å². The number of hydrogen-bond donors (Lipinski definition) is 1. The van der Waals surface area contributed by atoms with Gasteiger partial charge in [-0.2, -0.15) is 0 Å². The van der Waals surface area contributed by atoms with Crippen LogP contribution < -0.4 is 0 Å². The third kappa shape index (κ3) is 2.66. The number of carbonyl (C=O) groups is 2. The fourth-order valence-corrected chi connectivity index (χ4v) is 2.33. The molecule has 1 aromatic carbocycles. The molecule has 1 N–H and O–H groups in total. The average molecular weight is 298 g/mol. The van der Waals surface area contributed by atoms with E-state index in [-0.39, 0.29) is 16.3 Å². The minimum atomic E-state index is -0.936. The third-order valence-corrected chi connectivity index (χ3v) is 3.66. The van der Waals surface area contributed by atoms with E-state index >= 15 is 0 Å². The van der Waals surface area contributed by atoms with Gasteiger partial charge in [0.2, 0.25) is 5.91 Å². The molecule has 0 radical (unpaired) electrons. The van der Waals surface area contributed by atoms with E-state index in [4.69, 9.17) is 5.11 Å². The highest BCUT2D eigenvalue weighted by Gasteiger charge is 2.28. The van der Waals surface area contributed by atoms with Gasteiger partial charge in [-0.3, -0.25) is 4.79 Å². The van der Waals surface area contributed by atoms with Crippen LogP contribution in [-0.2, 0) is 11.3 Å². The number of carboxylic acids is 1. The fourth-order valence-electron chi connectivity index (χ4n) is 1.83. The maximum Gasteiger partial charge on any atom is 0.335 e. The molecule has 1 heterocycles. The van der Waals surface area contributed by atoms with E-state index in [2.05, 4.69) is 15.9 Å². The Morgan fingerprint density at radius 3 is 2.53 bits per heavy atom. The number of amides is 1. The van der Waals surface area contributed by atoms with Crippen molar-refractivity contribution in [2.45, 2.75) is 17.8 Å². The molecule has 0 saturated carbocycles.